The van der Waals surface area contributed by atoms with Crippen molar-refractivity contribution in [2.24, 2.45) is 0 Å². The number of halogens is 1. The molecule has 10 heteroatoms. The molecule has 0 heterocycles. The van der Waals surface area contributed by atoms with E-state index in [0.29, 0.717) is 46.2 Å². The number of ether oxygens (including phenoxy) is 3. The smallest absolute Gasteiger partial charge is 0.269 e. The minimum atomic E-state index is -0.566. The number of anilines is 1. The summed E-state index contributed by atoms with van der Waals surface area (Å²) >= 11 is 3.49. The van der Waals surface area contributed by atoms with Gasteiger partial charge in [0.1, 0.15) is 30.6 Å². The van der Waals surface area contributed by atoms with Crippen molar-refractivity contribution in [2.45, 2.75) is 27.1 Å². The lowest BCUT2D eigenvalue weighted by molar-refractivity contribution is -0.384. The topological polar surface area (TPSA) is 124 Å². The molecule has 218 valence electrons. The molecule has 0 bridgehead atoms. The van der Waals surface area contributed by atoms with Crippen molar-refractivity contribution in [3.05, 3.63) is 127 Å². The highest BCUT2D eigenvalue weighted by Gasteiger charge is 2.15. The van der Waals surface area contributed by atoms with E-state index >= 15 is 0 Å². The third kappa shape index (κ3) is 8.67. The van der Waals surface area contributed by atoms with Crippen LogP contribution >= 0.6 is 15.9 Å². The van der Waals surface area contributed by atoms with Gasteiger partial charge in [-0.25, -0.2) is 0 Å². The van der Waals surface area contributed by atoms with Crippen molar-refractivity contribution in [1.82, 2.24) is 0 Å². The summed E-state index contributed by atoms with van der Waals surface area (Å²) in [4.78, 5) is 23.4. The molecule has 0 aromatic heterocycles. The predicted molar refractivity (Wildman–Crippen MR) is 167 cm³/mol. The number of nitriles is 1. The van der Waals surface area contributed by atoms with Crippen LogP contribution in [0.5, 0.6) is 17.2 Å². The van der Waals surface area contributed by atoms with Crippen LogP contribution in [0.25, 0.3) is 6.08 Å². The largest absolute Gasteiger partial charge is 0.490 e. The molecule has 0 saturated heterocycles. The third-order valence-corrected chi connectivity index (χ3v) is 6.77. The molecule has 0 fully saturated rings. The quantitative estimate of drug-likeness (QED) is 0.0725. The van der Waals surface area contributed by atoms with E-state index in [1.54, 1.807) is 48.5 Å². The van der Waals surface area contributed by atoms with Gasteiger partial charge in [-0.05, 0) is 101 Å². The maximum atomic E-state index is 12.9. The highest BCUT2D eigenvalue weighted by molar-refractivity contribution is 9.10. The Labute approximate surface area is 257 Å². The van der Waals surface area contributed by atoms with Crippen molar-refractivity contribution >= 4 is 39.3 Å². The molecule has 1 amide bonds. The van der Waals surface area contributed by atoms with E-state index in [2.05, 4.69) is 21.2 Å². The maximum absolute atomic E-state index is 12.9. The summed E-state index contributed by atoms with van der Waals surface area (Å²) in [6, 6.07) is 26.4. The fourth-order valence-electron chi connectivity index (χ4n) is 3.94. The van der Waals surface area contributed by atoms with Crippen LogP contribution in [-0.2, 0) is 18.0 Å². The fraction of sp³-hybridized carbons (Fsp3) is 0.152. The van der Waals surface area contributed by atoms with Crippen LogP contribution in [0.3, 0.4) is 0 Å². The second-order valence-electron chi connectivity index (χ2n) is 9.40. The Hall–Kier alpha value is -5.14. The number of nitrogens with zero attached hydrogens (tertiary/aromatic N) is 2. The van der Waals surface area contributed by atoms with Crippen molar-refractivity contribution in [3.8, 4) is 23.3 Å². The lowest BCUT2D eigenvalue weighted by Crippen LogP contribution is -2.13. The number of rotatable bonds is 12. The normalized spacial score (nSPS) is 10.9. The lowest BCUT2D eigenvalue weighted by atomic mass is 10.1. The number of nitrogens with one attached hydrogen (secondary N) is 1. The minimum absolute atomic E-state index is 0.00618. The van der Waals surface area contributed by atoms with Gasteiger partial charge in [0.05, 0.1) is 16.0 Å². The first-order chi connectivity index (χ1) is 20.7. The Balaban J connectivity index is 1.43. The van der Waals surface area contributed by atoms with Gasteiger partial charge in [0, 0.05) is 17.8 Å². The minimum Gasteiger partial charge on any atom is -0.490 e. The molecule has 43 heavy (non-hydrogen) atoms. The second kappa shape index (κ2) is 14.7. The molecule has 4 aromatic rings. The Kier molecular flexibility index (Phi) is 10.5. The van der Waals surface area contributed by atoms with Gasteiger partial charge in [-0.2, -0.15) is 5.26 Å². The van der Waals surface area contributed by atoms with E-state index < -0.39 is 10.8 Å². The summed E-state index contributed by atoms with van der Waals surface area (Å²) in [7, 11) is 0. The molecule has 0 saturated carbocycles. The number of benzene rings is 4. The summed E-state index contributed by atoms with van der Waals surface area (Å²) < 4.78 is 18.1. The Morgan fingerprint density at radius 1 is 0.953 bits per heavy atom. The van der Waals surface area contributed by atoms with Crippen molar-refractivity contribution in [1.29, 1.82) is 5.26 Å². The fourth-order valence-corrected chi connectivity index (χ4v) is 4.52. The van der Waals surface area contributed by atoms with Crippen molar-refractivity contribution < 1.29 is 23.9 Å². The SMILES string of the molecule is CCOc1cc(/C=C(\C#N)C(=O)Nc2ccc(OCc3ccc(C)cc3)cc2)cc(Br)c1OCc1ccc([N+](=O)[O-])cc1. The third-order valence-electron chi connectivity index (χ3n) is 6.18. The number of non-ortho nitro benzene ring substituents is 1. The summed E-state index contributed by atoms with van der Waals surface area (Å²) in [6.07, 6.45) is 1.46. The van der Waals surface area contributed by atoms with Crippen LogP contribution in [0, 0.1) is 28.4 Å². The van der Waals surface area contributed by atoms with Crippen LogP contribution in [0.15, 0.2) is 95.0 Å². The number of carbonyl (C=O) groups excluding carboxylic acids is 1. The number of nitro groups is 1. The number of nitro benzene ring substituents is 1. The number of carbonyl (C=O) groups is 1. The summed E-state index contributed by atoms with van der Waals surface area (Å²) in [5.74, 6) is 0.913. The molecule has 0 aliphatic rings. The Morgan fingerprint density at radius 2 is 1.58 bits per heavy atom. The first-order valence-corrected chi connectivity index (χ1v) is 14.1. The van der Waals surface area contributed by atoms with Gasteiger partial charge in [-0.3, -0.25) is 14.9 Å². The molecule has 0 spiro atoms. The van der Waals surface area contributed by atoms with Crippen LogP contribution in [-0.4, -0.2) is 17.4 Å². The van der Waals surface area contributed by atoms with Crippen LogP contribution in [0.1, 0.15) is 29.2 Å². The first kappa shape index (κ1) is 30.8. The van der Waals surface area contributed by atoms with E-state index in [9.17, 15) is 20.2 Å². The van der Waals surface area contributed by atoms with Crippen molar-refractivity contribution in [3.63, 3.8) is 0 Å². The van der Waals surface area contributed by atoms with Gasteiger partial charge in [0.15, 0.2) is 11.5 Å². The monoisotopic (exact) mass is 641 g/mol. The molecule has 4 rings (SSSR count). The lowest BCUT2D eigenvalue weighted by Gasteiger charge is -2.15. The van der Waals surface area contributed by atoms with Gasteiger partial charge in [-0.1, -0.05) is 29.8 Å². The van der Waals surface area contributed by atoms with Crippen LogP contribution in [0.4, 0.5) is 11.4 Å². The highest BCUT2D eigenvalue weighted by atomic mass is 79.9. The summed E-state index contributed by atoms with van der Waals surface area (Å²) in [5.41, 5.74) is 3.92. The van der Waals surface area contributed by atoms with Crippen molar-refractivity contribution in [2.75, 3.05) is 11.9 Å². The Morgan fingerprint density at radius 3 is 2.19 bits per heavy atom. The molecular weight excluding hydrogens is 614 g/mol. The van der Waals surface area contributed by atoms with Gasteiger partial charge in [0.25, 0.3) is 11.6 Å². The van der Waals surface area contributed by atoms with Gasteiger partial charge >= 0.3 is 0 Å². The number of amides is 1. The summed E-state index contributed by atoms with van der Waals surface area (Å²) in [5, 5.41) is 23.4. The van der Waals surface area contributed by atoms with Gasteiger partial charge in [0.2, 0.25) is 0 Å². The van der Waals surface area contributed by atoms with Gasteiger partial charge < -0.3 is 19.5 Å². The zero-order valence-corrected chi connectivity index (χ0v) is 25.1. The van der Waals surface area contributed by atoms with Gasteiger partial charge in [-0.15, -0.1) is 0 Å². The number of hydrogen-bond donors (Lipinski definition) is 1. The predicted octanol–water partition coefficient (Wildman–Crippen LogP) is 7.77. The Bertz CT molecular complexity index is 1660. The van der Waals surface area contributed by atoms with Crippen LogP contribution in [0.2, 0.25) is 0 Å². The molecule has 0 aliphatic carbocycles. The molecule has 1 N–H and O–H groups in total. The number of hydrogen-bond acceptors (Lipinski definition) is 7. The highest BCUT2D eigenvalue weighted by Crippen LogP contribution is 2.38. The molecule has 4 aromatic carbocycles. The van der Waals surface area contributed by atoms with E-state index in [1.807, 2.05) is 44.2 Å². The maximum Gasteiger partial charge on any atom is 0.269 e. The van der Waals surface area contributed by atoms with Crippen LogP contribution < -0.4 is 19.5 Å². The van der Waals surface area contributed by atoms with E-state index in [4.69, 9.17) is 14.2 Å². The zero-order chi connectivity index (χ0) is 30.8. The van der Waals surface area contributed by atoms with E-state index in [0.717, 1.165) is 11.1 Å². The average Bonchev–Trinajstić information content (AvgIpc) is 3.00. The molecule has 0 atom stereocenters. The standard InChI is InChI=1S/C33H28BrN3O6/c1-3-41-31-18-25(17-30(34)32(31)43-21-24-8-12-28(13-9-24)37(39)40)16-26(19-35)33(38)36-27-10-14-29(15-11-27)42-20-23-6-4-22(2)5-7-23/h4-18H,3,20-21H2,1-2H3,(H,36,38)/b26-16+. The summed E-state index contributed by atoms with van der Waals surface area (Å²) in [6.45, 7) is 4.77. The van der Waals surface area contributed by atoms with E-state index in [1.165, 1.54) is 23.8 Å². The molecule has 9 nitrogen and oxygen atoms in total. The molecule has 0 radical (unpaired) electrons. The molecule has 0 unspecified atom stereocenters. The van der Waals surface area contributed by atoms with E-state index in [-0.39, 0.29) is 17.9 Å². The molecule has 0 aliphatic heterocycles. The zero-order valence-electron chi connectivity index (χ0n) is 23.5. The molecular formula is C33H28BrN3O6. The number of aryl methyl sites for hydroxylation is 1. The first-order valence-electron chi connectivity index (χ1n) is 13.3. The average molecular weight is 643 g/mol. The second-order valence-corrected chi connectivity index (χ2v) is 10.3.